The third-order valence-electron chi connectivity index (χ3n) is 1.67. The van der Waals surface area contributed by atoms with Crippen LogP contribution in [0.2, 0.25) is 10.3 Å². The second-order valence-electron chi connectivity index (χ2n) is 2.78. The molecule has 84 valence electrons. The minimum absolute atomic E-state index is 0.388. The fourth-order valence-electron chi connectivity index (χ4n) is 0.967. The molecule has 2 heterocycles. The Bertz CT molecular complexity index is 503. The fraction of sp³-hybridized carbons (Fsp3) is 0.125. The Morgan fingerprint density at radius 1 is 1.31 bits per heavy atom. The Hall–Kier alpha value is -0.560. The van der Waals surface area contributed by atoms with Crippen molar-refractivity contribution in [2.45, 2.75) is 10.1 Å². The summed E-state index contributed by atoms with van der Waals surface area (Å²) in [6.45, 7) is 0. The number of rotatable bonds is 3. The number of nitrogens with two attached hydrogens (primary N) is 1. The van der Waals surface area contributed by atoms with Gasteiger partial charge in [-0.25, -0.2) is 4.98 Å². The van der Waals surface area contributed by atoms with Crippen LogP contribution in [-0.4, -0.2) is 15.2 Å². The van der Waals surface area contributed by atoms with Crippen LogP contribution in [0.5, 0.6) is 0 Å². The number of anilines is 1. The van der Waals surface area contributed by atoms with E-state index in [2.05, 4.69) is 15.2 Å². The van der Waals surface area contributed by atoms with Gasteiger partial charge in [0.15, 0.2) is 4.34 Å². The van der Waals surface area contributed by atoms with E-state index in [0.717, 1.165) is 9.90 Å². The van der Waals surface area contributed by atoms with Crippen molar-refractivity contribution in [2.75, 3.05) is 5.73 Å². The lowest BCUT2D eigenvalue weighted by molar-refractivity contribution is 1.02. The van der Waals surface area contributed by atoms with Crippen molar-refractivity contribution in [1.29, 1.82) is 0 Å². The summed E-state index contributed by atoms with van der Waals surface area (Å²) in [6, 6.07) is 3.55. The zero-order valence-electron chi connectivity index (χ0n) is 7.85. The quantitative estimate of drug-likeness (QED) is 0.695. The number of nitrogen functional groups attached to an aromatic ring is 1. The van der Waals surface area contributed by atoms with E-state index in [1.807, 2.05) is 6.07 Å². The molecular formula is C8H6Cl2N4S2. The highest BCUT2D eigenvalue weighted by molar-refractivity contribution is 8.00. The van der Waals surface area contributed by atoms with Crippen LogP contribution in [-0.2, 0) is 5.75 Å². The summed E-state index contributed by atoms with van der Waals surface area (Å²) in [4.78, 5) is 3.95. The molecule has 0 aliphatic heterocycles. The Balaban J connectivity index is 2.04. The van der Waals surface area contributed by atoms with E-state index in [4.69, 9.17) is 28.9 Å². The van der Waals surface area contributed by atoms with Gasteiger partial charge < -0.3 is 5.73 Å². The van der Waals surface area contributed by atoms with Gasteiger partial charge in [-0.05, 0) is 11.6 Å². The maximum Gasteiger partial charge on any atom is 0.203 e. The maximum atomic E-state index is 5.93. The first kappa shape index (κ1) is 11.9. The lowest BCUT2D eigenvalue weighted by Gasteiger charge is -2.01. The smallest absolute Gasteiger partial charge is 0.203 e. The number of hydrogen-bond acceptors (Lipinski definition) is 6. The Morgan fingerprint density at radius 3 is 2.75 bits per heavy atom. The molecule has 8 heteroatoms. The van der Waals surface area contributed by atoms with E-state index in [1.54, 1.807) is 6.07 Å². The number of nitrogens with zero attached hydrogens (tertiary/aromatic N) is 3. The first-order valence-electron chi connectivity index (χ1n) is 4.18. The number of thioether (sulfide) groups is 1. The van der Waals surface area contributed by atoms with Crippen molar-refractivity contribution in [2.24, 2.45) is 0 Å². The van der Waals surface area contributed by atoms with Gasteiger partial charge in [0.25, 0.3) is 0 Å². The fourth-order valence-corrected chi connectivity index (χ4v) is 3.08. The van der Waals surface area contributed by atoms with Crippen molar-refractivity contribution in [3.8, 4) is 0 Å². The standard InChI is InChI=1S/C8H6Cl2N4S2/c9-5-2-1-4(6(10)12-5)3-15-8-14-13-7(11)16-8/h1-2H,3H2,(H2,11,13). The predicted molar refractivity (Wildman–Crippen MR) is 68.1 cm³/mol. The highest BCUT2D eigenvalue weighted by Crippen LogP contribution is 2.29. The molecule has 0 fully saturated rings. The molecule has 0 aliphatic rings. The summed E-state index contributed by atoms with van der Waals surface area (Å²) in [5.41, 5.74) is 6.38. The van der Waals surface area contributed by atoms with Crippen molar-refractivity contribution in [3.05, 3.63) is 28.0 Å². The zero-order chi connectivity index (χ0) is 11.5. The van der Waals surface area contributed by atoms with Crippen LogP contribution in [0, 0.1) is 0 Å². The zero-order valence-corrected chi connectivity index (χ0v) is 11.0. The molecule has 2 aromatic rings. The van der Waals surface area contributed by atoms with Crippen LogP contribution in [0.15, 0.2) is 16.5 Å². The largest absolute Gasteiger partial charge is 0.374 e. The van der Waals surface area contributed by atoms with Crippen molar-refractivity contribution < 1.29 is 0 Å². The molecule has 2 rings (SSSR count). The monoisotopic (exact) mass is 292 g/mol. The Labute approximate surface area is 110 Å². The van der Waals surface area contributed by atoms with Crippen molar-refractivity contribution in [3.63, 3.8) is 0 Å². The van der Waals surface area contributed by atoms with E-state index in [0.29, 0.717) is 21.2 Å². The third-order valence-corrected chi connectivity index (χ3v) is 4.14. The topological polar surface area (TPSA) is 64.7 Å². The molecule has 0 aromatic carbocycles. The number of hydrogen-bond donors (Lipinski definition) is 1. The molecule has 4 nitrogen and oxygen atoms in total. The van der Waals surface area contributed by atoms with E-state index in [9.17, 15) is 0 Å². The molecule has 0 saturated heterocycles. The lowest BCUT2D eigenvalue weighted by atomic mass is 10.3. The average Bonchev–Trinajstić information content (AvgIpc) is 2.63. The first-order valence-corrected chi connectivity index (χ1v) is 6.73. The molecule has 0 spiro atoms. The second kappa shape index (κ2) is 5.18. The minimum atomic E-state index is 0.388. The summed E-state index contributed by atoms with van der Waals surface area (Å²) in [5.74, 6) is 0.664. The highest BCUT2D eigenvalue weighted by Gasteiger charge is 2.06. The summed E-state index contributed by atoms with van der Waals surface area (Å²) in [5, 5.41) is 8.88. The summed E-state index contributed by atoms with van der Waals surface area (Å²) < 4.78 is 0.809. The van der Waals surface area contributed by atoms with Crippen LogP contribution in [0.4, 0.5) is 5.13 Å². The minimum Gasteiger partial charge on any atom is -0.374 e. The maximum absolute atomic E-state index is 5.93. The number of pyridine rings is 1. The van der Waals surface area contributed by atoms with Crippen molar-refractivity contribution in [1.82, 2.24) is 15.2 Å². The summed E-state index contributed by atoms with van der Waals surface area (Å²) >= 11 is 14.5. The molecular weight excluding hydrogens is 287 g/mol. The second-order valence-corrected chi connectivity index (χ2v) is 5.76. The van der Waals surface area contributed by atoms with Crippen LogP contribution in [0.1, 0.15) is 5.56 Å². The molecule has 0 unspecified atom stereocenters. The first-order chi connectivity index (χ1) is 7.65. The molecule has 2 N–H and O–H groups in total. The molecule has 0 radical (unpaired) electrons. The van der Waals surface area contributed by atoms with Crippen LogP contribution >= 0.6 is 46.3 Å². The van der Waals surface area contributed by atoms with E-state index < -0.39 is 0 Å². The van der Waals surface area contributed by atoms with Crippen LogP contribution in [0.25, 0.3) is 0 Å². The molecule has 0 amide bonds. The SMILES string of the molecule is Nc1nnc(SCc2ccc(Cl)nc2Cl)s1. The lowest BCUT2D eigenvalue weighted by Crippen LogP contribution is -1.86. The van der Waals surface area contributed by atoms with Gasteiger partial charge in [0.2, 0.25) is 5.13 Å². The molecule has 0 atom stereocenters. The van der Waals surface area contributed by atoms with Gasteiger partial charge in [-0.3, -0.25) is 0 Å². The Kier molecular flexibility index (Phi) is 3.86. The van der Waals surface area contributed by atoms with Gasteiger partial charge in [-0.15, -0.1) is 10.2 Å². The predicted octanol–water partition coefficient (Wildman–Crippen LogP) is 3.11. The normalized spacial score (nSPS) is 10.6. The molecule has 16 heavy (non-hydrogen) atoms. The van der Waals surface area contributed by atoms with E-state index in [-0.39, 0.29) is 0 Å². The summed E-state index contributed by atoms with van der Waals surface area (Å²) in [7, 11) is 0. The van der Waals surface area contributed by atoms with Gasteiger partial charge in [0, 0.05) is 5.75 Å². The van der Waals surface area contributed by atoms with Gasteiger partial charge in [-0.1, -0.05) is 52.4 Å². The molecule has 0 saturated carbocycles. The van der Waals surface area contributed by atoms with Gasteiger partial charge in [-0.2, -0.15) is 0 Å². The van der Waals surface area contributed by atoms with Crippen LogP contribution < -0.4 is 5.73 Å². The van der Waals surface area contributed by atoms with E-state index >= 15 is 0 Å². The average molecular weight is 293 g/mol. The third kappa shape index (κ3) is 2.98. The van der Waals surface area contributed by atoms with E-state index in [1.165, 1.54) is 23.1 Å². The number of aromatic nitrogens is 3. The Morgan fingerprint density at radius 2 is 2.12 bits per heavy atom. The molecule has 2 aromatic heterocycles. The summed E-state index contributed by atoms with van der Waals surface area (Å²) in [6.07, 6.45) is 0. The molecule has 0 aliphatic carbocycles. The van der Waals surface area contributed by atoms with Gasteiger partial charge >= 0.3 is 0 Å². The van der Waals surface area contributed by atoms with Crippen molar-refractivity contribution >= 4 is 51.4 Å². The highest BCUT2D eigenvalue weighted by atomic mass is 35.5. The van der Waals surface area contributed by atoms with Crippen LogP contribution in [0.3, 0.4) is 0 Å². The van der Waals surface area contributed by atoms with Gasteiger partial charge in [0.05, 0.1) is 0 Å². The number of halogens is 2. The molecule has 0 bridgehead atoms. The van der Waals surface area contributed by atoms with Gasteiger partial charge in [0.1, 0.15) is 10.3 Å².